The Labute approximate surface area is 195 Å². The van der Waals surface area contributed by atoms with Crippen LogP contribution in [0.4, 0.5) is 32.0 Å². The fraction of sp³-hybridized carbons (Fsp3) is 0.348. The third kappa shape index (κ3) is 4.02. The number of fused-ring (bicyclic) bond motifs is 1. The zero-order valence-corrected chi connectivity index (χ0v) is 18.7. The summed E-state index contributed by atoms with van der Waals surface area (Å²) in [7, 11) is 0. The molecule has 0 saturated heterocycles. The fourth-order valence-corrected chi connectivity index (χ4v) is 4.32. The minimum atomic E-state index is -5.93. The summed E-state index contributed by atoms with van der Waals surface area (Å²) in [5.74, 6) is 0.869. The first kappa shape index (κ1) is 24.4. The normalized spacial score (nSPS) is 16.8. The van der Waals surface area contributed by atoms with Gasteiger partial charge in [0.2, 0.25) is 5.89 Å². The first-order valence-electron chi connectivity index (χ1n) is 10.2. The van der Waals surface area contributed by atoms with E-state index in [2.05, 4.69) is 4.98 Å². The van der Waals surface area contributed by atoms with Crippen LogP contribution in [0.25, 0.3) is 11.5 Å². The summed E-state index contributed by atoms with van der Waals surface area (Å²) in [6, 6.07) is 9.29. The SMILES string of the molecule is Cc1oc(-c2cccc(Cl)c2)nc1CN1c2ccc(C(O)(C(F)(F)F)C(F)(F)F)cc2CC1C. The van der Waals surface area contributed by atoms with Gasteiger partial charge in [0.15, 0.2) is 0 Å². The first-order valence-corrected chi connectivity index (χ1v) is 10.6. The summed E-state index contributed by atoms with van der Waals surface area (Å²) in [6.07, 6.45) is -11.7. The van der Waals surface area contributed by atoms with E-state index >= 15 is 0 Å². The molecule has 3 aromatic rings. The van der Waals surface area contributed by atoms with Crippen molar-refractivity contribution in [3.63, 3.8) is 0 Å². The van der Waals surface area contributed by atoms with Gasteiger partial charge in [-0.05, 0) is 50.1 Å². The van der Waals surface area contributed by atoms with E-state index in [1.807, 2.05) is 4.90 Å². The molecule has 182 valence electrons. The van der Waals surface area contributed by atoms with Crippen LogP contribution in [0.2, 0.25) is 5.02 Å². The average Bonchev–Trinajstić information content (AvgIpc) is 3.25. The minimum absolute atomic E-state index is 0.201. The fourth-order valence-electron chi connectivity index (χ4n) is 4.13. The lowest BCUT2D eigenvalue weighted by molar-refractivity contribution is -0.376. The zero-order valence-electron chi connectivity index (χ0n) is 17.9. The van der Waals surface area contributed by atoms with E-state index in [4.69, 9.17) is 16.0 Å². The molecule has 4 rings (SSSR count). The molecule has 1 aliphatic heterocycles. The molecule has 2 aromatic carbocycles. The van der Waals surface area contributed by atoms with E-state index in [9.17, 15) is 31.4 Å². The summed E-state index contributed by atoms with van der Waals surface area (Å²) < 4.78 is 85.4. The molecule has 0 saturated carbocycles. The van der Waals surface area contributed by atoms with Crippen molar-refractivity contribution in [2.24, 2.45) is 0 Å². The summed E-state index contributed by atoms with van der Waals surface area (Å²) >= 11 is 6.02. The van der Waals surface area contributed by atoms with Crippen LogP contribution in [0, 0.1) is 6.92 Å². The van der Waals surface area contributed by atoms with Gasteiger partial charge in [0.25, 0.3) is 5.60 Å². The van der Waals surface area contributed by atoms with Gasteiger partial charge in [0.1, 0.15) is 11.5 Å². The summed E-state index contributed by atoms with van der Waals surface area (Å²) in [4.78, 5) is 6.33. The highest BCUT2D eigenvalue weighted by atomic mass is 35.5. The third-order valence-corrected chi connectivity index (χ3v) is 6.19. The summed E-state index contributed by atoms with van der Waals surface area (Å²) in [5, 5.41) is 10.2. The van der Waals surface area contributed by atoms with Crippen LogP contribution >= 0.6 is 11.6 Å². The maximum Gasteiger partial charge on any atom is 0.430 e. The molecular formula is C23H19ClF6N2O2. The number of hydrogen-bond donors (Lipinski definition) is 1. The number of anilines is 1. The van der Waals surface area contributed by atoms with Gasteiger partial charge >= 0.3 is 12.4 Å². The van der Waals surface area contributed by atoms with Gasteiger partial charge in [-0.2, -0.15) is 26.3 Å². The largest absolute Gasteiger partial charge is 0.441 e. The van der Waals surface area contributed by atoms with Crippen LogP contribution < -0.4 is 4.90 Å². The lowest BCUT2D eigenvalue weighted by Gasteiger charge is -2.33. The van der Waals surface area contributed by atoms with E-state index in [0.717, 1.165) is 6.07 Å². The van der Waals surface area contributed by atoms with Gasteiger partial charge in [0.05, 0.1) is 6.54 Å². The van der Waals surface area contributed by atoms with Crippen molar-refractivity contribution in [1.82, 2.24) is 4.98 Å². The van der Waals surface area contributed by atoms with Gasteiger partial charge in [-0.25, -0.2) is 4.98 Å². The minimum Gasteiger partial charge on any atom is -0.441 e. The molecule has 0 aliphatic carbocycles. The summed E-state index contributed by atoms with van der Waals surface area (Å²) in [5.41, 5.74) is -4.25. The number of aliphatic hydroxyl groups is 1. The Bertz CT molecular complexity index is 1210. The number of aromatic nitrogens is 1. The third-order valence-electron chi connectivity index (χ3n) is 5.96. The number of alkyl halides is 6. The zero-order chi connectivity index (χ0) is 25.1. The quantitative estimate of drug-likeness (QED) is 0.408. The van der Waals surface area contributed by atoms with Crippen molar-refractivity contribution >= 4 is 17.3 Å². The maximum absolute atomic E-state index is 13.3. The molecule has 0 radical (unpaired) electrons. The molecule has 1 atom stereocenters. The number of nitrogens with zero attached hydrogens (tertiary/aromatic N) is 2. The highest BCUT2D eigenvalue weighted by molar-refractivity contribution is 6.30. The maximum atomic E-state index is 13.3. The standard InChI is InChI=1S/C23H19ClF6N2O2/c1-12-8-15-9-16(21(33,22(25,26)27)23(28,29)30)6-7-19(15)32(12)11-18-13(2)34-20(31-18)14-4-3-5-17(24)10-14/h3-7,9-10,12,33H,8,11H2,1-2H3. The monoisotopic (exact) mass is 504 g/mol. The van der Waals surface area contributed by atoms with Gasteiger partial charge < -0.3 is 14.4 Å². The van der Waals surface area contributed by atoms with Gasteiger partial charge in [-0.1, -0.05) is 29.8 Å². The van der Waals surface area contributed by atoms with Crippen molar-refractivity contribution < 1.29 is 35.9 Å². The predicted molar refractivity (Wildman–Crippen MR) is 113 cm³/mol. The molecule has 34 heavy (non-hydrogen) atoms. The first-order chi connectivity index (χ1) is 15.7. The second kappa shape index (κ2) is 8.20. The number of aryl methyl sites for hydroxylation is 1. The van der Waals surface area contributed by atoms with Crippen LogP contribution in [0.15, 0.2) is 46.9 Å². The Morgan fingerprint density at radius 2 is 1.76 bits per heavy atom. The lowest BCUT2D eigenvalue weighted by atomic mass is 9.90. The topological polar surface area (TPSA) is 49.5 Å². The second-order valence-electron chi connectivity index (χ2n) is 8.26. The van der Waals surface area contributed by atoms with Gasteiger partial charge in [-0.3, -0.25) is 0 Å². The molecule has 0 fully saturated rings. The van der Waals surface area contributed by atoms with Gasteiger partial charge in [-0.15, -0.1) is 0 Å². The lowest BCUT2D eigenvalue weighted by Crippen LogP contribution is -2.53. The molecule has 1 unspecified atom stereocenters. The van der Waals surface area contributed by atoms with E-state index in [1.165, 1.54) is 6.07 Å². The molecule has 4 nitrogen and oxygen atoms in total. The Kier molecular flexibility index (Phi) is 5.88. The Morgan fingerprint density at radius 1 is 1.09 bits per heavy atom. The number of oxazole rings is 1. The average molecular weight is 505 g/mol. The van der Waals surface area contributed by atoms with Crippen LogP contribution in [0.5, 0.6) is 0 Å². The van der Waals surface area contributed by atoms with Gasteiger partial charge in [0, 0.05) is 27.9 Å². The number of hydrogen-bond acceptors (Lipinski definition) is 4. The molecule has 1 aliphatic rings. The van der Waals surface area contributed by atoms with Crippen LogP contribution in [0.1, 0.15) is 29.5 Å². The highest BCUT2D eigenvalue weighted by Crippen LogP contribution is 2.51. The Balaban J connectivity index is 1.66. The van der Waals surface area contributed by atoms with Crippen molar-refractivity contribution in [3.8, 4) is 11.5 Å². The number of benzene rings is 2. The Hall–Kier alpha value is -2.72. The second-order valence-corrected chi connectivity index (χ2v) is 8.70. The van der Waals surface area contributed by atoms with Crippen LogP contribution in [-0.2, 0) is 18.6 Å². The van der Waals surface area contributed by atoms with Crippen LogP contribution in [0.3, 0.4) is 0 Å². The van der Waals surface area contributed by atoms with Crippen molar-refractivity contribution in [3.05, 3.63) is 70.1 Å². The van der Waals surface area contributed by atoms with E-state index in [1.54, 1.807) is 38.1 Å². The van der Waals surface area contributed by atoms with Crippen LogP contribution in [-0.4, -0.2) is 28.5 Å². The number of rotatable bonds is 4. The molecular weight excluding hydrogens is 486 g/mol. The molecule has 2 heterocycles. The van der Waals surface area contributed by atoms with Crippen molar-refractivity contribution in [2.45, 2.75) is 50.8 Å². The van der Waals surface area contributed by atoms with Crippen molar-refractivity contribution in [2.75, 3.05) is 4.90 Å². The Morgan fingerprint density at radius 3 is 2.38 bits per heavy atom. The smallest absolute Gasteiger partial charge is 0.430 e. The molecule has 0 amide bonds. The molecule has 0 bridgehead atoms. The molecule has 0 spiro atoms. The van der Waals surface area contributed by atoms with E-state index < -0.39 is 23.5 Å². The predicted octanol–water partition coefficient (Wildman–Crippen LogP) is 6.57. The van der Waals surface area contributed by atoms with E-state index in [0.29, 0.717) is 39.7 Å². The van der Waals surface area contributed by atoms with Crippen molar-refractivity contribution in [1.29, 1.82) is 0 Å². The molecule has 1 aromatic heterocycles. The molecule has 1 N–H and O–H groups in total. The number of halogens is 7. The summed E-state index contributed by atoms with van der Waals surface area (Å²) in [6.45, 7) is 3.74. The highest BCUT2D eigenvalue weighted by Gasteiger charge is 2.71. The molecule has 11 heteroatoms. The van der Waals surface area contributed by atoms with E-state index in [-0.39, 0.29) is 24.6 Å².